The first-order valence-electron chi connectivity index (χ1n) is 4.24. The number of aliphatic hydroxyl groups is 1. The van der Waals surface area contributed by atoms with Gasteiger partial charge >= 0.3 is 0 Å². The van der Waals surface area contributed by atoms with Crippen molar-refractivity contribution in [3.63, 3.8) is 0 Å². The second kappa shape index (κ2) is 5.45. The Balaban J connectivity index is 2.37. The summed E-state index contributed by atoms with van der Waals surface area (Å²) in [4.78, 5) is 0.984. The van der Waals surface area contributed by atoms with Crippen LogP contribution in [-0.4, -0.2) is 25.9 Å². The summed E-state index contributed by atoms with van der Waals surface area (Å²) < 4.78 is 25.0. The molecule has 0 atom stereocenters. The van der Waals surface area contributed by atoms with Crippen molar-refractivity contribution < 1.29 is 13.5 Å². The average molecular weight is 235 g/mol. The molecule has 0 aliphatic heterocycles. The highest BCUT2D eigenvalue weighted by Gasteiger charge is 2.08. The van der Waals surface area contributed by atoms with E-state index in [9.17, 15) is 8.42 Å². The van der Waals surface area contributed by atoms with E-state index in [0.29, 0.717) is 6.54 Å². The van der Waals surface area contributed by atoms with Crippen LogP contribution in [-0.2, 0) is 16.6 Å². The zero-order valence-corrected chi connectivity index (χ0v) is 9.27. The van der Waals surface area contributed by atoms with E-state index in [4.69, 9.17) is 5.11 Å². The number of nitrogens with one attached hydrogen (secondary N) is 1. The van der Waals surface area contributed by atoms with Crippen molar-refractivity contribution >= 4 is 21.4 Å². The van der Waals surface area contributed by atoms with Crippen molar-refractivity contribution in [1.29, 1.82) is 0 Å². The van der Waals surface area contributed by atoms with E-state index in [2.05, 4.69) is 4.72 Å². The second-order valence-corrected chi connectivity index (χ2v) is 5.76. The molecular weight excluding hydrogens is 222 g/mol. The van der Waals surface area contributed by atoms with Crippen molar-refractivity contribution in [2.75, 3.05) is 12.4 Å². The second-order valence-electron chi connectivity index (χ2n) is 2.80. The molecular formula is C8H13NO3S2. The molecule has 2 N–H and O–H groups in total. The van der Waals surface area contributed by atoms with E-state index in [1.54, 1.807) is 0 Å². The van der Waals surface area contributed by atoms with Gasteiger partial charge in [0.15, 0.2) is 0 Å². The van der Waals surface area contributed by atoms with Gasteiger partial charge in [0, 0.05) is 18.0 Å². The summed E-state index contributed by atoms with van der Waals surface area (Å²) in [7, 11) is -3.22. The molecule has 1 heterocycles. The maximum Gasteiger partial charge on any atom is 0.212 e. The van der Waals surface area contributed by atoms with Crippen molar-refractivity contribution in [2.24, 2.45) is 0 Å². The fraction of sp³-hybridized carbons (Fsp3) is 0.500. The smallest absolute Gasteiger partial charge is 0.212 e. The molecule has 0 saturated heterocycles. The molecule has 0 aliphatic rings. The minimum atomic E-state index is -3.22. The number of rotatable bonds is 6. The monoisotopic (exact) mass is 235 g/mol. The molecule has 0 bridgehead atoms. The zero-order valence-electron chi connectivity index (χ0n) is 7.64. The summed E-state index contributed by atoms with van der Waals surface area (Å²) in [6.07, 6.45) is 0.278. The van der Waals surface area contributed by atoms with Gasteiger partial charge in [0.25, 0.3) is 0 Å². The predicted octanol–water partition coefficient (Wildman–Crippen LogP) is 0.550. The fourth-order valence-electron chi connectivity index (χ4n) is 0.921. The van der Waals surface area contributed by atoms with Gasteiger partial charge in [0.05, 0.1) is 5.75 Å². The van der Waals surface area contributed by atoms with Gasteiger partial charge in [-0.2, -0.15) is 0 Å². The van der Waals surface area contributed by atoms with Gasteiger partial charge in [-0.3, -0.25) is 0 Å². The lowest BCUT2D eigenvalue weighted by Gasteiger charge is -2.03. The molecule has 0 radical (unpaired) electrons. The Labute approximate surface area is 87.6 Å². The zero-order chi connectivity index (χ0) is 10.4. The van der Waals surface area contributed by atoms with E-state index in [1.165, 1.54) is 11.3 Å². The Hall–Kier alpha value is -0.430. The lowest BCUT2D eigenvalue weighted by Crippen LogP contribution is -2.25. The van der Waals surface area contributed by atoms with Gasteiger partial charge in [-0.05, 0) is 17.9 Å². The third-order valence-electron chi connectivity index (χ3n) is 1.62. The van der Waals surface area contributed by atoms with Crippen LogP contribution in [0.15, 0.2) is 17.5 Å². The molecule has 0 amide bonds. The Morgan fingerprint density at radius 2 is 2.29 bits per heavy atom. The molecule has 14 heavy (non-hydrogen) atoms. The lowest BCUT2D eigenvalue weighted by atomic mass is 10.5. The van der Waals surface area contributed by atoms with E-state index in [1.807, 2.05) is 17.5 Å². The third-order valence-corrected chi connectivity index (χ3v) is 3.90. The van der Waals surface area contributed by atoms with Crippen LogP contribution >= 0.6 is 11.3 Å². The van der Waals surface area contributed by atoms with Crippen LogP contribution in [0.25, 0.3) is 0 Å². The lowest BCUT2D eigenvalue weighted by molar-refractivity contribution is 0.295. The van der Waals surface area contributed by atoms with Crippen LogP contribution in [0.3, 0.4) is 0 Å². The summed E-state index contributed by atoms with van der Waals surface area (Å²) in [5.41, 5.74) is 0. The first-order valence-corrected chi connectivity index (χ1v) is 6.78. The Bertz CT molecular complexity index is 345. The summed E-state index contributed by atoms with van der Waals surface area (Å²) in [6.45, 7) is 0.241. The predicted molar refractivity (Wildman–Crippen MR) is 56.6 cm³/mol. The first kappa shape index (κ1) is 11.6. The van der Waals surface area contributed by atoms with Gasteiger partial charge in [-0.25, -0.2) is 13.1 Å². The van der Waals surface area contributed by atoms with Crippen LogP contribution in [0.2, 0.25) is 0 Å². The van der Waals surface area contributed by atoms with Gasteiger partial charge < -0.3 is 5.11 Å². The van der Waals surface area contributed by atoms with E-state index in [-0.39, 0.29) is 18.8 Å². The van der Waals surface area contributed by atoms with Crippen LogP contribution in [0.1, 0.15) is 11.3 Å². The normalized spacial score (nSPS) is 11.8. The SMILES string of the molecule is O=S(=O)(CCCO)NCc1cccs1. The summed E-state index contributed by atoms with van der Waals surface area (Å²) in [5, 5.41) is 10.4. The molecule has 80 valence electrons. The maximum atomic E-state index is 11.3. The highest BCUT2D eigenvalue weighted by molar-refractivity contribution is 7.89. The number of thiophene rings is 1. The summed E-state index contributed by atoms with van der Waals surface area (Å²) >= 11 is 1.51. The minimum absolute atomic E-state index is 0.0190. The molecule has 4 nitrogen and oxygen atoms in total. The molecule has 0 aliphatic carbocycles. The number of aliphatic hydroxyl groups excluding tert-OH is 1. The van der Waals surface area contributed by atoms with E-state index >= 15 is 0 Å². The summed E-state index contributed by atoms with van der Waals surface area (Å²) in [5.74, 6) is -0.0190. The van der Waals surface area contributed by atoms with Crippen LogP contribution < -0.4 is 4.72 Å². The van der Waals surface area contributed by atoms with Crippen molar-refractivity contribution in [3.8, 4) is 0 Å². The van der Waals surface area contributed by atoms with Crippen LogP contribution in [0, 0.1) is 0 Å². The number of hydrogen-bond acceptors (Lipinski definition) is 4. The van der Waals surface area contributed by atoms with Crippen molar-refractivity contribution in [3.05, 3.63) is 22.4 Å². The summed E-state index contributed by atoms with van der Waals surface area (Å²) in [6, 6.07) is 3.75. The molecule has 1 rings (SSSR count). The molecule has 6 heteroatoms. The first-order chi connectivity index (χ1) is 6.64. The van der Waals surface area contributed by atoms with E-state index in [0.717, 1.165) is 4.88 Å². The number of sulfonamides is 1. The quantitative estimate of drug-likeness (QED) is 0.756. The molecule has 0 spiro atoms. The van der Waals surface area contributed by atoms with Gasteiger partial charge in [-0.1, -0.05) is 6.07 Å². The van der Waals surface area contributed by atoms with Crippen LogP contribution in [0.5, 0.6) is 0 Å². The molecule has 0 unspecified atom stereocenters. The van der Waals surface area contributed by atoms with Crippen LogP contribution in [0.4, 0.5) is 0 Å². The van der Waals surface area contributed by atoms with Gasteiger partial charge in [0.2, 0.25) is 10.0 Å². The highest BCUT2D eigenvalue weighted by atomic mass is 32.2. The molecule has 0 aromatic carbocycles. The Kier molecular flexibility index (Phi) is 4.53. The largest absolute Gasteiger partial charge is 0.396 e. The number of hydrogen-bond donors (Lipinski definition) is 2. The molecule has 1 aromatic rings. The molecule has 0 fully saturated rings. The minimum Gasteiger partial charge on any atom is -0.396 e. The molecule has 0 saturated carbocycles. The highest BCUT2D eigenvalue weighted by Crippen LogP contribution is 2.08. The fourth-order valence-corrected chi connectivity index (χ4v) is 2.69. The Morgan fingerprint density at radius 3 is 2.86 bits per heavy atom. The van der Waals surface area contributed by atoms with E-state index < -0.39 is 10.0 Å². The Morgan fingerprint density at radius 1 is 1.50 bits per heavy atom. The average Bonchev–Trinajstić information content (AvgIpc) is 2.64. The maximum absolute atomic E-state index is 11.3. The van der Waals surface area contributed by atoms with Gasteiger partial charge in [0.1, 0.15) is 0 Å². The third kappa shape index (κ3) is 4.19. The standard InChI is InChI=1S/C8H13NO3S2/c10-4-2-6-14(11,12)9-7-8-3-1-5-13-8/h1,3,5,9-10H,2,4,6-7H2. The van der Waals surface area contributed by atoms with Gasteiger partial charge in [-0.15, -0.1) is 11.3 Å². The topological polar surface area (TPSA) is 66.4 Å². The van der Waals surface area contributed by atoms with Crippen molar-refractivity contribution in [1.82, 2.24) is 4.72 Å². The molecule has 1 aromatic heterocycles. The van der Waals surface area contributed by atoms with Crippen molar-refractivity contribution in [2.45, 2.75) is 13.0 Å².